The molecule has 2 aliphatic rings. The third-order valence-electron chi connectivity index (χ3n) is 7.52. The number of hydrogen-bond donors (Lipinski definition) is 0. The molecule has 0 aromatic heterocycles. The highest BCUT2D eigenvalue weighted by Crippen LogP contribution is 2.40. The van der Waals surface area contributed by atoms with Crippen LogP contribution < -0.4 is 4.74 Å². The summed E-state index contributed by atoms with van der Waals surface area (Å²) in [4.78, 5) is 0. The van der Waals surface area contributed by atoms with Gasteiger partial charge in [-0.05, 0) is 80.0 Å². The average molecular weight is 439 g/mol. The lowest BCUT2D eigenvalue weighted by Crippen LogP contribution is -2.13. The summed E-state index contributed by atoms with van der Waals surface area (Å²) in [5, 5.41) is 0. The Hall–Kier alpha value is -2.16. The van der Waals surface area contributed by atoms with Crippen molar-refractivity contribution in [3.8, 4) is 5.75 Å². The van der Waals surface area contributed by atoms with E-state index in [1.807, 2.05) is 0 Å². The van der Waals surface area contributed by atoms with Crippen LogP contribution in [0.5, 0.6) is 5.75 Å². The van der Waals surface area contributed by atoms with Gasteiger partial charge in [-0.1, -0.05) is 62.2 Å². The predicted octanol–water partition coefficient (Wildman–Crippen LogP) is 8.65. The third kappa shape index (κ3) is 5.08. The molecule has 4 rings (SSSR count). The minimum atomic E-state index is -0.876. The summed E-state index contributed by atoms with van der Waals surface area (Å²) < 4.78 is 34.0. The smallest absolute Gasteiger partial charge is 0.200 e. The first-order valence-electron chi connectivity index (χ1n) is 12.5. The molecule has 2 atom stereocenters. The monoisotopic (exact) mass is 438 g/mol. The van der Waals surface area contributed by atoms with E-state index in [-0.39, 0.29) is 11.7 Å². The van der Waals surface area contributed by atoms with Gasteiger partial charge in [-0.2, -0.15) is 4.39 Å². The van der Waals surface area contributed by atoms with E-state index in [4.69, 9.17) is 4.74 Å². The van der Waals surface area contributed by atoms with Gasteiger partial charge in [-0.25, -0.2) is 4.39 Å². The average Bonchev–Trinajstić information content (AvgIpc) is 2.83. The van der Waals surface area contributed by atoms with Crippen LogP contribution in [0.15, 0.2) is 48.6 Å². The van der Waals surface area contributed by atoms with Crippen LogP contribution in [0.3, 0.4) is 0 Å². The van der Waals surface area contributed by atoms with Crippen LogP contribution >= 0.6 is 0 Å². The molecule has 32 heavy (non-hydrogen) atoms. The summed E-state index contributed by atoms with van der Waals surface area (Å²) >= 11 is 0. The zero-order valence-corrected chi connectivity index (χ0v) is 19.5. The van der Waals surface area contributed by atoms with Crippen molar-refractivity contribution >= 4 is 0 Å². The van der Waals surface area contributed by atoms with Gasteiger partial charge in [0.25, 0.3) is 0 Å². The first-order valence-corrected chi connectivity index (χ1v) is 12.5. The molecule has 2 aromatic carbocycles. The molecule has 2 unspecified atom stereocenters. The largest absolute Gasteiger partial charge is 0.491 e. The van der Waals surface area contributed by atoms with Crippen molar-refractivity contribution in [2.75, 3.05) is 6.61 Å². The first kappa shape index (κ1) is 23.0. The molecule has 172 valence electrons. The number of hydrogen-bond acceptors (Lipinski definition) is 1. The van der Waals surface area contributed by atoms with Gasteiger partial charge in [0.15, 0.2) is 11.6 Å². The second-order valence-corrected chi connectivity index (χ2v) is 9.56. The summed E-state index contributed by atoms with van der Waals surface area (Å²) in [6.45, 7) is 4.37. The van der Waals surface area contributed by atoms with Crippen LogP contribution in [0, 0.1) is 17.6 Å². The Morgan fingerprint density at radius 1 is 0.750 bits per heavy atom. The standard InChI is InChI=1S/C29H36F2O/c1-3-5-20-6-8-21(9-7-20)22-10-12-23(13-11-22)24-14-16-25(17-15-24)26-18-19-27(32-4-2)29(31)28(26)30/h10-14,16,18-21,24-25H,3-9,15,17H2,1-2H3. The second kappa shape index (κ2) is 10.6. The predicted molar refractivity (Wildman–Crippen MR) is 127 cm³/mol. The van der Waals surface area contributed by atoms with Gasteiger partial charge in [0, 0.05) is 11.8 Å². The fourth-order valence-electron chi connectivity index (χ4n) is 5.66. The minimum absolute atomic E-state index is 0.00893. The molecule has 1 saturated carbocycles. The molecule has 0 N–H and O–H groups in total. The summed E-state index contributed by atoms with van der Waals surface area (Å²) in [6, 6.07) is 12.4. The Bertz CT molecular complexity index is 909. The Kier molecular flexibility index (Phi) is 7.65. The van der Waals surface area contributed by atoms with Crippen LogP contribution in [0.1, 0.15) is 99.7 Å². The van der Waals surface area contributed by atoms with Crippen LogP contribution in [0.4, 0.5) is 8.78 Å². The lowest BCUT2D eigenvalue weighted by atomic mass is 9.76. The Balaban J connectivity index is 1.39. The highest BCUT2D eigenvalue weighted by Gasteiger charge is 2.25. The van der Waals surface area contributed by atoms with E-state index in [1.165, 1.54) is 49.7 Å². The van der Waals surface area contributed by atoms with Crippen LogP contribution in [0.25, 0.3) is 0 Å². The molecule has 0 saturated heterocycles. The Morgan fingerprint density at radius 3 is 2.03 bits per heavy atom. The Morgan fingerprint density at radius 2 is 1.41 bits per heavy atom. The SMILES string of the molecule is CCCC1CCC(c2ccc(C3C=CC(c4ccc(OCC)c(F)c4F)CC3)cc2)CC1. The van der Waals surface area contributed by atoms with E-state index in [1.54, 1.807) is 19.1 Å². The zero-order valence-electron chi connectivity index (χ0n) is 19.5. The van der Waals surface area contributed by atoms with E-state index in [0.717, 1.165) is 18.8 Å². The molecule has 0 heterocycles. The van der Waals surface area contributed by atoms with Crippen molar-refractivity contribution in [1.29, 1.82) is 0 Å². The second-order valence-electron chi connectivity index (χ2n) is 9.56. The number of rotatable bonds is 7. The first-order chi connectivity index (χ1) is 15.6. The van der Waals surface area contributed by atoms with Gasteiger partial charge in [0.1, 0.15) is 0 Å². The van der Waals surface area contributed by atoms with Gasteiger partial charge in [-0.15, -0.1) is 0 Å². The number of allylic oxidation sites excluding steroid dienone is 2. The van der Waals surface area contributed by atoms with Crippen LogP contribution in [-0.2, 0) is 0 Å². The summed E-state index contributed by atoms with van der Waals surface area (Å²) in [7, 11) is 0. The highest BCUT2D eigenvalue weighted by molar-refractivity contribution is 5.37. The maximum atomic E-state index is 14.6. The van der Waals surface area contributed by atoms with E-state index < -0.39 is 11.6 Å². The quantitative estimate of drug-likeness (QED) is 0.393. The van der Waals surface area contributed by atoms with Gasteiger partial charge >= 0.3 is 0 Å². The summed E-state index contributed by atoms with van der Waals surface area (Å²) in [5.74, 6) is 0.238. The molecule has 0 spiro atoms. The molecular weight excluding hydrogens is 402 g/mol. The maximum Gasteiger partial charge on any atom is 0.200 e. The van der Waals surface area contributed by atoms with Crippen molar-refractivity contribution in [3.05, 3.63) is 76.9 Å². The molecule has 0 aliphatic heterocycles. The third-order valence-corrected chi connectivity index (χ3v) is 7.52. The topological polar surface area (TPSA) is 9.23 Å². The molecule has 2 aromatic rings. The molecule has 2 aliphatic carbocycles. The molecule has 0 amide bonds. The minimum Gasteiger partial charge on any atom is -0.491 e. The van der Waals surface area contributed by atoms with Crippen molar-refractivity contribution in [2.24, 2.45) is 5.92 Å². The molecule has 0 radical (unpaired) electrons. The maximum absolute atomic E-state index is 14.6. The molecule has 1 nitrogen and oxygen atoms in total. The van der Waals surface area contributed by atoms with Gasteiger partial charge in [0.05, 0.1) is 6.61 Å². The van der Waals surface area contributed by atoms with Crippen LogP contribution in [0.2, 0.25) is 0 Å². The van der Waals surface area contributed by atoms with Crippen molar-refractivity contribution < 1.29 is 13.5 Å². The number of halogens is 2. The fraction of sp³-hybridized carbons (Fsp3) is 0.517. The molecule has 1 fully saturated rings. The molecular formula is C29H36F2O. The van der Waals surface area contributed by atoms with Gasteiger partial charge in [0.2, 0.25) is 5.82 Å². The van der Waals surface area contributed by atoms with E-state index in [9.17, 15) is 8.78 Å². The van der Waals surface area contributed by atoms with Crippen molar-refractivity contribution in [3.63, 3.8) is 0 Å². The zero-order chi connectivity index (χ0) is 22.5. The lowest BCUT2D eigenvalue weighted by molar-refractivity contribution is 0.308. The van der Waals surface area contributed by atoms with Gasteiger partial charge < -0.3 is 4.74 Å². The number of benzene rings is 2. The van der Waals surface area contributed by atoms with E-state index >= 15 is 0 Å². The van der Waals surface area contributed by atoms with E-state index in [2.05, 4.69) is 43.3 Å². The number of ether oxygens (including phenoxy) is 1. The van der Waals surface area contributed by atoms with Gasteiger partial charge in [-0.3, -0.25) is 0 Å². The lowest BCUT2D eigenvalue weighted by Gasteiger charge is -2.29. The molecule has 0 bridgehead atoms. The normalized spacial score (nSPS) is 25.6. The van der Waals surface area contributed by atoms with Crippen molar-refractivity contribution in [1.82, 2.24) is 0 Å². The highest BCUT2D eigenvalue weighted by atomic mass is 19.2. The summed E-state index contributed by atoms with van der Waals surface area (Å²) in [6.07, 6.45) is 14.0. The fourth-order valence-corrected chi connectivity index (χ4v) is 5.66. The van der Waals surface area contributed by atoms with Crippen LogP contribution in [-0.4, -0.2) is 6.61 Å². The van der Waals surface area contributed by atoms with E-state index in [0.29, 0.717) is 24.0 Å². The summed E-state index contributed by atoms with van der Waals surface area (Å²) in [5.41, 5.74) is 3.23. The van der Waals surface area contributed by atoms with Crippen molar-refractivity contribution in [2.45, 2.75) is 83.0 Å². The Labute approximate surface area is 191 Å². The molecule has 3 heteroatoms.